The van der Waals surface area contributed by atoms with Gasteiger partial charge in [-0.1, -0.05) is 36.5 Å². The summed E-state index contributed by atoms with van der Waals surface area (Å²) >= 11 is 1.51. The number of thiazole rings is 1. The second-order valence-electron chi connectivity index (χ2n) is 5.52. The number of hydrogen-bond acceptors (Lipinski definition) is 4. The van der Waals surface area contributed by atoms with Crippen molar-refractivity contribution in [1.82, 2.24) is 4.98 Å². The van der Waals surface area contributed by atoms with Crippen LogP contribution in [0, 0.1) is 12.8 Å². The van der Waals surface area contributed by atoms with Gasteiger partial charge in [-0.2, -0.15) is 0 Å². The van der Waals surface area contributed by atoms with E-state index in [0.717, 1.165) is 28.7 Å². The Morgan fingerprint density at radius 3 is 2.85 bits per heavy atom. The molecule has 0 fully saturated rings. The van der Waals surface area contributed by atoms with Gasteiger partial charge in [-0.3, -0.25) is 4.79 Å². The Kier molecular flexibility index (Phi) is 3.34. The highest BCUT2D eigenvalue weighted by Gasteiger charge is 2.25. The van der Waals surface area contributed by atoms with Crippen molar-refractivity contribution < 1.29 is 4.79 Å². The smallest absolute Gasteiger partial charge is 0.190 e. The zero-order chi connectivity index (χ0) is 14.3. The zero-order valence-corrected chi connectivity index (χ0v) is 12.8. The third-order valence-electron chi connectivity index (χ3n) is 3.68. The molecule has 0 N–H and O–H groups in total. The number of fused-ring (bicyclic) bond motifs is 1. The van der Waals surface area contributed by atoms with Gasteiger partial charge in [0.25, 0.3) is 0 Å². The molecule has 0 amide bonds. The van der Waals surface area contributed by atoms with Crippen molar-refractivity contribution in [1.29, 1.82) is 0 Å². The van der Waals surface area contributed by atoms with E-state index >= 15 is 0 Å². The van der Waals surface area contributed by atoms with Gasteiger partial charge in [-0.05, 0) is 30.9 Å². The predicted octanol–water partition coefficient (Wildman–Crippen LogP) is 3.98. The molecule has 4 heteroatoms. The number of carbonyl (C=O) groups excluding carboxylic acids is 1. The molecule has 1 unspecified atom stereocenters. The molecule has 3 nitrogen and oxygen atoms in total. The average Bonchev–Trinajstić information content (AvgIpc) is 2.80. The average molecular weight is 286 g/mol. The number of rotatable bonds is 2. The lowest BCUT2D eigenvalue weighted by Gasteiger charge is -2.32. The number of anilines is 2. The number of hydrogen-bond donors (Lipinski definition) is 0. The fourth-order valence-corrected chi connectivity index (χ4v) is 3.79. The van der Waals surface area contributed by atoms with Crippen LogP contribution in [0.1, 0.15) is 34.8 Å². The lowest BCUT2D eigenvalue weighted by molar-refractivity contribution is 0.102. The Morgan fingerprint density at radius 1 is 1.40 bits per heavy atom. The molecule has 0 saturated carbocycles. The van der Waals surface area contributed by atoms with Crippen molar-refractivity contribution in [3.05, 3.63) is 40.4 Å². The van der Waals surface area contributed by atoms with Crippen LogP contribution in [0.25, 0.3) is 0 Å². The highest BCUT2D eigenvalue weighted by Crippen LogP contribution is 2.38. The summed E-state index contributed by atoms with van der Waals surface area (Å²) in [5, 5.41) is 0.937. The molecule has 1 aromatic carbocycles. The number of benzene rings is 1. The Labute approximate surface area is 123 Å². The minimum atomic E-state index is 0.101. The van der Waals surface area contributed by atoms with Crippen LogP contribution < -0.4 is 4.90 Å². The first-order valence-corrected chi connectivity index (χ1v) is 7.71. The van der Waals surface area contributed by atoms with Gasteiger partial charge in [0.2, 0.25) is 0 Å². The van der Waals surface area contributed by atoms with Gasteiger partial charge >= 0.3 is 0 Å². The maximum absolute atomic E-state index is 11.6. The van der Waals surface area contributed by atoms with E-state index in [-0.39, 0.29) is 5.78 Å². The van der Waals surface area contributed by atoms with E-state index in [1.807, 2.05) is 6.92 Å². The van der Waals surface area contributed by atoms with Crippen molar-refractivity contribution in [2.45, 2.75) is 27.2 Å². The minimum Gasteiger partial charge on any atom is -0.317 e. The van der Waals surface area contributed by atoms with Crippen LogP contribution in [0.2, 0.25) is 0 Å². The SMILES string of the molecule is CC(=O)c1sc(N2CC(C)Cc3ccccc32)nc1C. The maximum Gasteiger partial charge on any atom is 0.190 e. The molecule has 2 heterocycles. The summed E-state index contributed by atoms with van der Waals surface area (Å²) in [6.07, 6.45) is 1.11. The van der Waals surface area contributed by atoms with E-state index in [1.165, 1.54) is 22.6 Å². The molecule has 20 heavy (non-hydrogen) atoms. The van der Waals surface area contributed by atoms with E-state index in [1.54, 1.807) is 6.92 Å². The molecule has 1 atom stereocenters. The molecule has 0 bridgehead atoms. The summed E-state index contributed by atoms with van der Waals surface area (Å²) in [6, 6.07) is 8.48. The molecule has 0 aliphatic carbocycles. The number of Topliss-reactive ketones (excluding diaryl/α,β-unsaturated/α-hetero) is 1. The molecule has 104 valence electrons. The highest BCUT2D eigenvalue weighted by molar-refractivity contribution is 7.17. The lowest BCUT2D eigenvalue weighted by atomic mass is 9.94. The first kappa shape index (κ1) is 13.3. The number of ketones is 1. The topological polar surface area (TPSA) is 33.2 Å². The molecule has 1 aliphatic heterocycles. The summed E-state index contributed by atoms with van der Waals surface area (Å²) in [5.41, 5.74) is 3.44. The minimum absolute atomic E-state index is 0.101. The molecule has 0 spiro atoms. The summed E-state index contributed by atoms with van der Waals surface area (Å²) < 4.78 is 0. The van der Waals surface area contributed by atoms with Gasteiger partial charge in [0.15, 0.2) is 10.9 Å². The lowest BCUT2D eigenvalue weighted by Crippen LogP contribution is -2.30. The molecule has 2 aromatic rings. The Morgan fingerprint density at radius 2 is 2.15 bits per heavy atom. The number of nitrogens with zero attached hydrogens (tertiary/aromatic N) is 2. The van der Waals surface area contributed by atoms with Gasteiger partial charge in [-0.25, -0.2) is 4.98 Å². The van der Waals surface area contributed by atoms with Crippen LogP contribution in [0.5, 0.6) is 0 Å². The molecular formula is C16H18N2OS. The van der Waals surface area contributed by atoms with Crippen LogP contribution in [0.15, 0.2) is 24.3 Å². The van der Waals surface area contributed by atoms with Crippen molar-refractivity contribution in [2.24, 2.45) is 5.92 Å². The molecular weight excluding hydrogens is 268 g/mol. The standard InChI is InChI=1S/C16H18N2OS/c1-10-8-13-6-4-5-7-14(13)18(9-10)16-17-11(2)15(20-16)12(3)19/h4-7,10H,8-9H2,1-3H3. The third-order valence-corrected chi connectivity index (χ3v) is 4.96. The first-order valence-electron chi connectivity index (χ1n) is 6.90. The second kappa shape index (κ2) is 5.02. The number of aryl methyl sites for hydroxylation is 1. The molecule has 0 radical (unpaired) electrons. The maximum atomic E-state index is 11.6. The summed E-state index contributed by atoms with van der Waals surface area (Å²) in [4.78, 5) is 19.3. The summed E-state index contributed by atoms with van der Waals surface area (Å²) in [5.74, 6) is 0.694. The zero-order valence-electron chi connectivity index (χ0n) is 12.0. The van der Waals surface area contributed by atoms with Crippen molar-refractivity contribution in [2.75, 3.05) is 11.4 Å². The van der Waals surface area contributed by atoms with Gasteiger partial charge in [0, 0.05) is 19.2 Å². The van der Waals surface area contributed by atoms with Crippen LogP contribution in [-0.2, 0) is 6.42 Å². The molecule has 1 aromatic heterocycles. The van der Waals surface area contributed by atoms with Crippen molar-refractivity contribution in [3.63, 3.8) is 0 Å². The Hall–Kier alpha value is -1.68. The monoisotopic (exact) mass is 286 g/mol. The van der Waals surface area contributed by atoms with Crippen molar-refractivity contribution >= 4 is 27.9 Å². The Bertz CT molecular complexity index is 662. The summed E-state index contributed by atoms with van der Waals surface area (Å²) in [7, 11) is 0. The van der Waals surface area contributed by atoms with Gasteiger partial charge < -0.3 is 4.90 Å². The van der Waals surface area contributed by atoms with Crippen LogP contribution >= 0.6 is 11.3 Å². The predicted molar refractivity (Wildman–Crippen MR) is 83.2 cm³/mol. The van der Waals surface area contributed by atoms with Crippen LogP contribution in [0.4, 0.5) is 10.8 Å². The molecule has 0 saturated heterocycles. The number of para-hydroxylation sites is 1. The quantitative estimate of drug-likeness (QED) is 0.783. The summed E-state index contributed by atoms with van der Waals surface area (Å²) in [6.45, 7) is 6.74. The third kappa shape index (κ3) is 2.24. The van der Waals surface area contributed by atoms with Crippen LogP contribution in [-0.4, -0.2) is 17.3 Å². The van der Waals surface area contributed by atoms with Gasteiger partial charge in [0.1, 0.15) is 0 Å². The van der Waals surface area contributed by atoms with E-state index in [9.17, 15) is 4.79 Å². The Balaban J connectivity index is 2.06. The van der Waals surface area contributed by atoms with Crippen LogP contribution in [0.3, 0.4) is 0 Å². The van der Waals surface area contributed by atoms with E-state index in [2.05, 4.69) is 41.1 Å². The number of carbonyl (C=O) groups is 1. The molecule has 3 rings (SSSR count). The largest absolute Gasteiger partial charge is 0.317 e. The fraction of sp³-hybridized carbons (Fsp3) is 0.375. The van der Waals surface area contributed by atoms with E-state index in [4.69, 9.17) is 0 Å². The first-order chi connectivity index (χ1) is 9.56. The number of aromatic nitrogens is 1. The highest BCUT2D eigenvalue weighted by atomic mass is 32.1. The van der Waals surface area contributed by atoms with Gasteiger partial charge in [0.05, 0.1) is 10.6 Å². The van der Waals surface area contributed by atoms with E-state index in [0.29, 0.717) is 5.92 Å². The molecule has 1 aliphatic rings. The second-order valence-corrected chi connectivity index (χ2v) is 6.49. The normalized spacial score (nSPS) is 17.9. The fourth-order valence-electron chi connectivity index (χ4n) is 2.80. The van der Waals surface area contributed by atoms with Gasteiger partial charge in [-0.15, -0.1) is 0 Å². The van der Waals surface area contributed by atoms with Crippen molar-refractivity contribution in [3.8, 4) is 0 Å². The van der Waals surface area contributed by atoms with E-state index < -0.39 is 0 Å².